The molecular formula is C15H15ClN2OS. The minimum Gasteiger partial charge on any atom is -0.333 e. The predicted molar refractivity (Wildman–Crippen MR) is 80.8 cm³/mol. The number of amides is 1. The van der Waals surface area contributed by atoms with Crippen molar-refractivity contribution in [2.24, 2.45) is 0 Å². The van der Waals surface area contributed by atoms with Crippen LogP contribution in [0.3, 0.4) is 0 Å². The van der Waals surface area contributed by atoms with E-state index < -0.39 is 0 Å². The molecule has 104 valence electrons. The zero-order valence-corrected chi connectivity index (χ0v) is 12.5. The van der Waals surface area contributed by atoms with Crippen LogP contribution in [0.25, 0.3) is 0 Å². The van der Waals surface area contributed by atoms with Gasteiger partial charge in [0.1, 0.15) is 5.01 Å². The average molecular weight is 307 g/mol. The van der Waals surface area contributed by atoms with Crippen molar-refractivity contribution >= 4 is 28.8 Å². The van der Waals surface area contributed by atoms with Gasteiger partial charge in [-0.05, 0) is 30.5 Å². The Bertz CT molecular complexity index is 596. The van der Waals surface area contributed by atoms with E-state index in [1.54, 1.807) is 17.5 Å². The molecule has 20 heavy (non-hydrogen) atoms. The highest BCUT2D eigenvalue weighted by Gasteiger charge is 2.32. The fourth-order valence-corrected chi connectivity index (χ4v) is 3.03. The maximum atomic E-state index is 12.5. The zero-order valence-electron chi connectivity index (χ0n) is 11.0. The minimum atomic E-state index is 0.157. The van der Waals surface area contributed by atoms with E-state index in [1.807, 2.05) is 34.5 Å². The van der Waals surface area contributed by atoms with E-state index in [-0.39, 0.29) is 5.91 Å². The Kier molecular flexibility index (Phi) is 4.03. The zero-order chi connectivity index (χ0) is 13.9. The molecule has 0 atom stereocenters. The first kappa shape index (κ1) is 13.6. The molecule has 1 saturated carbocycles. The summed E-state index contributed by atoms with van der Waals surface area (Å²) < 4.78 is 0. The Balaban J connectivity index is 1.69. The summed E-state index contributed by atoms with van der Waals surface area (Å²) in [7, 11) is 0. The molecule has 1 aromatic carbocycles. The summed E-state index contributed by atoms with van der Waals surface area (Å²) in [5.41, 5.74) is 0.965. The molecule has 0 bridgehead atoms. The van der Waals surface area contributed by atoms with Crippen molar-refractivity contribution in [1.29, 1.82) is 0 Å². The number of hydrogen-bond donors (Lipinski definition) is 0. The van der Waals surface area contributed by atoms with E-state index in [1.165, 1.54) is 0 Å². The highest BCUT2D eigenvalue weighted by molar-refractivity contribution is 7.09. The van der Waals surface area contributed by atoms with Crippen LogP contribution in [0.4, 0.5) is 0 Å². The van der Waals surface area contributed by atoms with Gasteiger partial charge in [0.05, 0.1) is 13.0 Å². The van der Waals surface area contributed by atoms with Crippen LogP contribution in [-0.4, -0.2) is 21.8 Å². The minimum absolute atomic E-state index is 0.157. The van der Waals surface area contributed by atoms with Gasteiger partial charge >= 0.3 is 0 Å². The number of carbonyl (C=O) groups is 1. The quantitative estimate of drug-likeness (QED) is 0.846. The molecule has 3 nitrogen and oxygen atoms in total. The molecule has 1 aliphatic rings. The van der Waals surface area contributed by atoms with Gasteiger partial charge in [-0.15, -0.1) is 11.3 Å². The van der Waals surface area contributed by atoms with E-state index in [0.29, 0.717) is 24.0 Å². The summed E-state index contributed by atoms with van der Waals surface area (Å²) in [6.07, 6.45) is 4.40. The van der Waals surface area contributed by atoms with Crippen LogP contribution in [0.1, 0.15) is 23.4 Å². The first-order valence-electron chi connectivity index (χ1n) is 6.64. The molecule has 5 heteroatoms. The second-order valence-corrected chi connectivity index (χ2v) is 6.40. The summed E-state index contributed by atoms with van der Waals surface area (Å²) in [5.74, 6) is 0.157. The topological polar surface area (TPSA) is 33.2 Å². The molecule has 0 spiro atoms. The number of rotatable bonds is 5. The van der Waals surface area contributed by atoms with Gasteiger partial charge in [0.15, 0.2) is 0 Å². The summed E-state index contributed by atoms with van der Waals surface area (Å²) in [6, 6.07) is 7.90. The van der Waals surface area contributed by atoms with Crippen LogP contribution in [0, 0.1) is 0 Å². The lowest BCUT2D eigenvalue weighted by Crippen LogP contribution is -2.33. The third-order valence-corrected chi connectivity index (χ3v) is 4.34. The van der Waals surface area contributed by atoms with Crippen molar-refractivity contribution in [3.63, 3.8) is 0 Å². The molecule has 0 aliphatic heterocycles. The lowest BCUT2D eigenvalue weighted by atomic mass is 10.1. The lowest BCUT2D eigenvalue weighted by Gasteiger charge is -2.21. The van der Waals surface area contributed by atoms with Crippen molar-refractivity contribution in [2.45, 2.75) is 31.8 Å². The van der Waals surface area contributed by atoms with Crippen LogP contribution in [0.15, 0.2) is 35.8 Å². The van der Waals surface area contributed by atoms with Crippen LogP contribution in [0.2, 0.25) is 5.02 Å². The fraction of sp³-hybridized carbons (Fsp3) is 0.333. The molecule has 0 saturated heterocycles. The van der Waals surface area contributed by atoms with Crippen molar-refractivity contribution in [1.82, 2.24) is 9.88 Å². The van der Waals surface area contributed by atoms with Crippen LogP contribution < -0.4 is 0 Å². The molecule has 0 N–H and O–H groups in total. The number of halogens is 1. The first-order valence-corrected chi connectivity index (χ1v) is 7.90. The van der Waals surface area contributed by atoms with Crippen molar-refractivity contribution in [3.8, 4) is 0 Å². The molecular weight excluding hydrogens is 292 g/mol. The molecule has 3 rings (SSSR count). The monoisotopic (exact) mass is 306 g/mol. The number of aromatic nitrogens is 1. The van der Waals surface area contributed by atoms with Gasteiger partial charge in [-0.1, -0.05) is 23.7 Å². The van der Waals surface area contributed by atoms with Gasteiger partial charge < -0.3 is 4.90 Å². The van der Waals surface area contributed by atoms with Gasteiger partial charge in [-0.3, -0.25) is 4.79 Å². The van der Waals surface area contributed by atoms with Gasteiger partial charge in [-0.2, -0.15) is 0 Å². The molecule has 0 unspecified atom stereocenters. The fourth-order valence-electron chi connectivity index (χ4n) is 2.21. The van der Waals surface area contributed by atoms with Gasteiger partial charge in [0.2, 0.25) is 5.91 Å². The normalized spacial score (nSPS) is 14.2. The number of nitrogens with zero attached hydrogens (tertiary/aromatic N) is 2. The smallest absolute Gasteiger partial charge is 0.227 e. The highest BCUT2D eigenvalue weighted by atomic mass is 35.5. The summed E-state index contributed by atoms with van der Waals surface area (Å²) in [6.45, 7) is 0.627. The molecule has 1 amide bonds. The molecule has 1 aromatic heterocycles. The first-order chi connectivity index (χ1) is 9.72. The molecule has 2 aromatic rings. The molecule has 1 fully saturated rings. The van der Waals surface area contributed by atoms with E-state index in [2.05, 4.69) is 4.98 Å². The summed E-state index contributed by atoms with van der Waals surface area (Å²) in [5, 5.41) is 3.62. The van der Waals surface area contributed by atoms with Gasteiger partial charge in [-0.25, -0.2) is 4.98 Å². The third-order valence-electron chi connectivity index (χ3n) is 3.34. The van der Waals surface area contributed by atoms with E-state index >= 15 is 0 Å². The van der Waals surface area contributed by atoms with Crippen molar-refractivity contribution in [3.05, 3.63) is 51.4 Å². The Hall–Kier alpha value is -1.39. The average Bonchev–Trinajstić information content (AvgIpc) is 3.12. The Morgan fingerprint density at radius 1 is 1.45 bits per heavy atom. The Morgan fingerprint density at radius 3 is 2.95 bits per heavy atom. The lowest BCUT2D eigenvalue weighted by molar-refractivity contribution is -0.131. The third kappa shape index (κ3) is 3.38. The van der Waals surface area contributed by atoms with E-state index in [9.17, 15) is 4.79 Å². The van der Waals surface area contributed by atoms with Gasteiger partial charge in [0, 0.05) is 22.6 Å². The Labute approximate surface area is 127 Å². The number of thiazole rings is 1. The molecule has 1 aliphatic carbocycles. The predicted octanol–water partition coefficient (Wildman–Crippen LogP) is 3.53. The van der Waals surface area contributed by atoms with Gasteiger partial charge in [0.25, 0.3) is 0 Å². The maximum Gasteiger partial charge on any atom is 0.227 e. The van der Waals surface area contributed by atoms with Crippen LogP contribution in [0.5, 0.6) is 0 Å². The van der Waals surface area contributed by atoms with Crippen LogP contribution in [-0.2, 0) is 17.8 Å². The van der Waals surface area contributed by atoms with Crippen LogP contribution >= 0.6 is 22.9 Å². The number of hydrogen-bond acceptors (Lipinski definition) is 3. The van der Waals surface area contributed by atoms with Crippen molar-refractivity contribution < 1.29 is 4.79 Å². The molecule has 0 radical (unpaired) electrons. The Morgan fingerprint density at radius 2 is 2.30 bits per heavy atom. The summed E-state index contributed by atoms with van der Waals surface area (Å²) >= 11 is 7.56. The summed E-state index contributed by atoms with van der Waals surface area (Å²) in [4.78, 5) is 18.7. The second kappa shape index (κ2) is 5.94. The SMILES string of the molecule is O=C(Cc1cccc(Cl)c1)N(Cc1nccs1)C1CC1. The van der Waals surface area contributed by atoms with E-state index in [4.69, 9.17) is 11.6 Å². The molecule has 1 heterocycles. The number of benzene rings is 1. The number of carbonyl (C=O) groups excluding carboxylic acids is 1. The largest absolute Gasteiger partial charge is 0.333 e. The van der Waals surface area contributed by atoms with E-state index in [0.717, 1.165) is 23.4 Å². The highest BCUT2D eigenvalue weighted by Crippen LogP contribution is 2.29. The standard InChI is InChI=1S/C15H15ClN2OS/c16-12-3-1-2-11(8-12)9-15(19)18(13-4-5-13)10-14-17-6-7-20-14/h1-3,6-8,13H,4-5,9-10H2. The maximum absolute atomic E-state index is 12.5. The van der Waals surface area contributed by atoms with Crippen molar-refractivity contribution in [2.75, 3.05) is 0 Å². The second-order valence-electron chi connectivity index (χ2n) is 4.99.